The molecule has 0 unspecified atom stereocenters. The largest absolute Gasteiger partial charge is 0.366 e. The first-order valence-electron chi connectivity index (χ1n) is 5.67. The summed E-state index contributed by atoms with van der Waals surface area (Å²) in [5, 5.41) is 2.50. The lowest BCUT2D eigenvalue weighted by atomic mass is 10.1. The molecular formula is C14H11FN2O2S. The smallest absolute Gasteiger partial charge is 0.258 e. The minimum absolute atomic E-state index is 0.123. The Bertz CT molecular complexity index is 689. The van der Waals surface area contributed by atoms with Crippen LogP contribution in [0.1, 0.15) is 20.7 Å². The van der Waals surface area contributed by atoms with Crippen molar-refractivity contribution < 1.29 is 14.0 Å². The molecule has 2 aromatic rings. The average molecular weight is 290 g/mol. The highest BCUT2D eigenvalue weighted by Gasteiger charge is 2.12. The van der Waals surface area contributed by atoms with Gasteiger partial charge in [0, 0.05) is 16.1 Å². The van der Waals surface area contributed by atoms with E-state index in [0.29, 0.717) is 10.6 Å². The number of primary amides is 1. The first-order chi connectivity index (χ1) is 9.47. The van der Waals surface area contributed by atoms with E-state index >= 15 is 0 Å². The van der Waals surface area contributed by atoms with Crippen LogP contribution in [-0.2, 0) is 0 Å². The monoisotopic (exact) mass is 290 g/mol. The van der Waals surface area contributed by atoms with Crippen molar-refractivity contribution in [2.45, 2.75) is 4.90 Å². The molecule has 0 saturated heterocycles. The van der Waals surface area contributed by atoms with Gasteiger partial charge in [0.2, 0.25) is 5.91 Å². The predicted octanol–water partition coefficient (Wildman–Crippen LogP) is 2.47. The summed E-state index contributed by atoms with van der Waals surface area (Å²) in [5.74, 6) is -1.88. The van der Waals surface area contributed by atoms with Crippen LogP contribution in [0.15, 0.2) is 47.4 Å². The van der Waals surface area contributed by atoms with E-state index < -0.39 is 17.6 Å². The first kappa shape index (κ1) is 14.1. The highest BCUT2D eigenvalue weighted by molar-refractivity contribution is 7.80. The number of thiol groups is 1. The molecule has 0 aliphatic rings. The summed E-state index contributed by atoms with van der Waals surface area (Å²) in [6, 6.07) is 10.0. The number of rotatable bonds is 3. The van der Waals surface area contributed by atoms with Gasteiger partial charge in [-0.25, -0.2) is 4.39 Å². The van der Waals surface area contributed by atoms with Crippen LogP contribution in [0.4, 0.5) is 10.1 Å². The third-order valence-electron chi connectivity index (χ3n) is 2.60. The van der Waals surface area contributed by atoms with Crippen molar-refractivity contribution in [3.63, 3.8) is 0 Å². The fourth-order valence-corrected chi connectivity index (χ4v) is 1.84. The van der Waals surface area contributed by atoms with Crippen LogP contribution in [0.5, 0.6) is 0 Å². The van der Waals surface area contributed by atoms with Crippen molar-refractivity contribution in [3.8, 4) is 0 Å². The van der Waals surface area contributed by atoms with Gasteiger partial charge in [-0.3, -0.25) is 9.59 Å². The number of hydrogen-bond donors (Lipinski definition) is 3. The van der Waals surface area contributed by atoms with Crippen LogP contribution in [0, 0.1) is 5.82 Å². The lowest BCUT2D eigenvalue weighted by molar-refractivity contribution is 0.0995. The van der Waals surface area contributed by atoms with Crippen LogP contribution in [0.2, 0.25) is 0 Å². The molecule has 0 heterocycles. The van der Waals surface area contributed by atoms with Crippen molar-refractivity contribution in [1.29, 1.82) is 0 Å². The minimum atomic E-state index is -0.647. The Morgan fingerprint density at radius 3 is 2.60 bits per heavy atom. The molecule has 20 heavy (non-hydrogen) atoms. The molecule has 6 heteroatoms. The lowest BCUT2D eigenvalue weighted by Crippen LogP contribution is -2.15. The number of carbonyl (C=O) groups is 2. The van der Waals surface area contributed by atoms with E-state index in [0.717, 1.165) is 6.07 Å². The van der Waals surface area contributed by atoms with Gasteiger partial charge in [0.15, 0.2) is 0 Å². The van der Waals surface area contributed by atoms with Crippen molar-refractivity contribution in [2.24, 2.45) is 5.73 Å². The van der Waals surface area contributed by atoms with Gasteiger partial charge >= 0.3 is 0 Å². The summed E-state index contributed by atoms with van der Waals surface area (Å²) in [6.45, 7) is 0. The van der Waals surface area contributed by atoms with Crippen molar-refractivity contribution in [1.82, 2.24) is 0 Å². The normalized spacial score (nSPS) is 10.1. The molecule has 0 bridgehead atoms. The fraction of sp³-hybridized carbons (Fsp3) is 0. The number of hydrogen-bond acceptors (Lipinski definition) is 3. The third-order valence-corrected chi connectivity index (χ3v) is 2.88. The molecule has 0 fully saturated rings. The molecule has 102 valence electrons. The number of anilines is 1. The second kappa shape index (κ2) is 5.75. The van der Waals surface area contributed by atoms with Crippen LogP contribution < -0.4 is 11.1 Å². The number of nitrogens with one attached hydrogen (secondary N) is 1. The van der Waals surface area contributed by atoms with E-state index in [2.05, 4.69) is 17.9 Å². The Balaban J connectivity index is 2.25. The standard InChI is InChI=1S/C14H11FN2O2S/c15-12-5-4-10(20)7-11(12)14(19)17-9-3-1-2-8(6-9)13(16)18/h1-7,20H,(H2,16,18)(H,17,19). The highest BCUT2D eigenvalue weighted by Crippen LogP contribution is 2.16. The second-order valence-corrected chi connectivity index (χ2v) is 4.58. The molecule has 2 amide bonds. The zero-order valence-electron chi connectivity index (χ0n) is 10.3. The lowest BCUT2D eigenvalue weighted by Gasteiger charge is -2.07. The number of carbonyl (C=O) groups excluding carboxylic acids is 2. The van der Waals surface area contributed by atoms with E-state index in [1.165, 1.54) is 24.3 Å². The van der Waals surface area contributed by atoms with E-state index in [1.54, 1.807) is 12.1 Å². The fourth-order valence-electron chi connectivity index (χ4n) is 1.64. The van der Waals surface area contributed by atoms with E-state index in [-0.39, 0.29) is 11.1 Å². The topological polar surface area (TPSA) is 72.2 Å². The molecular weight excluding hydrogens is 279 g/mol. The van der Waals surface area contributed by atoms with Crippen LogP contribution in [-0.4, -0.2) is 11.8 Å². The molecule has 3 N–H and O–H groups in total. The maximum Gasteiger partial charge on any atom is 0.258 e. The Kier molecular flexibility index (Phi) is 4.05. The summed E-state index contributed by atoms with van der Waals surface area (Å²) in [5.41, 5.74) is 5.64. The summed E-state index contributed by atoms with van der Waals surface area (Å²) < 4.78 is 13.6. The molecule has 0 saturated carbocycles. The zero-order chi connectivity index (χ0) is 14.7. The Morgan fingerprint density at radius 1 is 1.15 bits per heavy atom. The van der Waals surface area contributed by atoms with Crippen LogP contribution in [0.25, 0.3) is 0 Å². The van der Waals surface area contributed by atoms with Gasteiger partial charge in [0.1, 0.15) is 5.82 Å². The molecule has 2 aromatic carbocycles. The molecule has 4 nitrogen and oxygen atoms in total. The molecule has 0 aliphatic carbocycles. The first-order valence-corrected chi connectivity index (χ1v) is 6.12. The molecule has 0 aliphatic heterocycles. The number of nitrogens with two attached hydrogens (primary N) is 1. The summed E-state index contributed by atoms with van der Waals surface area (Å²) in [4.78, 5) is 23.5. The Labute approximate surface area is 120 Å². The van der Waals surface area contributed by atoms with Gasteiger partial charge in [-0.1, -0.05) is 6.07 Å². The van der Waals surface area contributed by atoms with E-state index in [1.807, 2.05) is 0 Å². The van der Waals surface area contributed by atoms with Gasteiger partial charge in [0.05, 0.1) is 5.56 Å². The SMILES string of the molecule is NC(=O)c1cccc(NC(=O)c2cc(S)ccc2F)c1. The zero-order valence-corrected chi connectivity index (χ0v) is 11.2. The summed E-state index contributed by atoms with van der Waals surface area (Å²) in [6.07, 6.45) is 0. The molecule has 0 spiro atoms. The second-order valence-electron chi connectivity index (χ2n) is 4.06. The van der Waals surface area contributed by atoms with Gasteiger partial charge < -0.3 is 11.1 Å². The van der Waals surface area contributed by atoms with E-state index in [9.17, 15) is 14.0 Å². The Morgan fingerprint density at radius 2 is 1.90 bits per heavy atom. The highest BCUT2D eigenvalue weighted by atomic mass is 32.1. The third kappa shape index (κ3) is 3.16. The summed E-state index contributed by atoms with van der Waals surface area (Å²) >= 11 is 4.06. The van der Waals surface area contributed by atoms with Gasteiger partial charge in [-0.2, -0.15) is 0 Å². The molecule has 0 atom stereocenters. The van der Waals surface area contributed by atoms with E-state index in [4.69, 9.17) is 5.73 Å². The minimum Gasteiger partial charge on any atom is -0.366 e. The van der Waals surface area contributed by atoms with Gasteiger partial charge in [-0.15, -0.1) is 12.6 Å². The predicted molar refractivity (Wildman–Crippen MR) is 76.6 cm³/mol. The van der Waals surface area contributed by atoms with Gasteiger partial charge in [-0.05, 0) is 36.4 Å². The van der Waals surface area contributed by atoms with Crippen molar-refractivity contribution in [3.05, 3.63) is 59.4 Å². The number of halogens is 1. The van der Waals surface area contributed by atoms with Crippen molar-refractivity contribution in [2.75, 3.05) is 5.32 Å². The Hall–Kier alpha value is -2.34. The number of amides is 2. The molecule has 0 radical (unpaired) electrons. The maximum atomic E-state index is 13.6. The van der Waals surface area contributed by atoms with Crippen LogP contribution >= 0.6 is 12.6 Å². The molecule has 2 rings (SSSR count). The number of benzene rings is 2. The molecule has 0 aromatic heterocycles. The summed E-state index contributed by atoms with van der Waals surface area (Å²) in [7, 11) is 0. The van der Waals surface area contributed by atoms with Gasteiger partial charge in [0.25, 0.3) is 5.91 Å². The maximum absolute atomic E-state index is 13.6. The van der Waals surface area contributed by atoms with Crippen LogP contribution in [0.3, 0.4) is 0 Å². The average Bonchev–Trinajstić information content (AvgIpc) is 2.41. The van der Waals surface area contributed by atoms with Crippen molar-refractivity contribution >= 4 is 30.1 Å². The quantitative estimate of drug-likeness (QED) is 0.760.